The number of carboxylic acids is 3. The number of benzene rings is 2. The monoisotopic (exact) mass is 1250 g/mol. The minimum absolute atomic E-state index is 0.0410. The van der Waals surface area contributed by atoms with Gasteiger partial charge in [0.25, 0.3) is 0 Å². The third-order valence-corrected chi connectivity index (χ3v) is 13.6. The number of carboxylic acid groups (broad SMARTS) is 3. The number of hydrogen-bond acceptors (Lipinski definition) is 17. The Morgan fingerprint density at radius 1 is 0.404 bits per heavy atom. The fourth-order valence-electron chi connectivity index (χ4n) is 8.94. The molecule has 0 radical (unpaired) electrons. The van der Waals surface area contributed by atoms with Gasteiger partial charge in [0.2, 0.25) is 65.0 Å². The Morgan fingerprint density at radius 2 is 0.775 bits per heavy atom. The second-order valence-corrected chi connectivity index (χ2v) is 22.1. The fraction of sp³-hybridized carbons (Fsp3) is 0.552. The van der Waals surface area contributed by atoms with Crippen LogP contribution in [0.5, 0.6) is 0 Å². The van der Waals surface area contributed by atoms with Crippen LogP contribution in [-0.2, 0) is 80.0 Å². The Bertz CT molecular complexity index is 2740. The molecule has 0 bridgehead atoms. The molecule has 0 aliphatic heterocycles. The maximum absolute atomic E-state index is 14.5. The molecule has 89 heavy (non-hydrogen) atoms. The van der Waals surface area contributed by atoms with E-state index >= 15 is 0 Å². The van der Waals surface area contributed by atoms with Gasteiger partial charge in [-0.25, -0.2) is 4.79 Å². The highest BCUT2D eigenvalue weighted by atomic mass is 16.4. The summed E-state index contributed by atoms with van der Waals surface area (Å²) in [4.78, 5) is 185. The van der Waals surface area contributed by atoms with E-state index in [0.29, 0.717) is 24.0 Å². The third kappa shape index (κ3) is 29.4. The van der Waals surface area contributed by atoms with Crippen molar-refractivity contribution in [3.63, 3.8) is 0 Å². The van der Waals surface area contributed by atoms with Crippen molar-refractivity contribution in [2.24, 2.45) is 40.5 Å². The first-order chi connectivity index (χ1) is 42.0. The third-order valence-electron chi connectivity index (χ3n) is 13.6. The first-order valence-corrected chi connectivity index (χ1v) is 29.2. The van der Waals surface area contributed by atoms with Crippen LogP contribution in [0.25, 0.3) is 0 Å². The Balaban J connectivity index is 2.56. The molecule has 22 N–H and O–H groups in total. The van der Waals surface area contributed by atoms with E-state index in [0.717, 1.165) is 0 Å². The van der Waals surface area contributed by atoms with Crippen molar-refractivity contribution in [2.75, 3.05) is 13.1 Å². The Hall–Kier alpha value is -9.10. The molecule has 0 aromatic heterocycles. The van der Waals surface area contributed by atoms with Crippen LogP contribution >= 0.6 is 0 Å². The van der Waals surface area contributed by atoms with Crippen molar-refractivity contribution in [1.29, 1.82) is 0 Å². The standard InChI is InChI=1S/C58H88N14O17/c1-31(2)25-39(52(82)64-36(19-11-13-23-59)50(80)66-38(58(88)89)21-22-46(75)76)68-54(84)40(26-33-15-7-5-8-16-33)69-55(85)43(30-47(77)78)70-51(81)37(20-12-14-24-60)65-53(83)41(27-34-17-9-6-10-18-34)71-57(87)48(32(3)4)72-56(86)42(29-45(63)74)67-49(79)35(61)28-44(62)73/h5-10,15-18,31-32,35-43,48H,11-14,19-30,59-61H2,1-4H3,(H2,62,73)(H2,63,74)(H,64,82)(H,65,83)(H,66,80)(H,67,79)(H,68,84)(H,69,85)(H,70,81)(H,71,87)(H,72,86)(H,75,76)(H,77,78)(H,88,89)/t35-,36-,37-,38-,39-,40-,41-,42-,43-,48-/m0/s1. The van der Waals surface area contributed by atoms with Crippen molar-refractivity contribution in [1.82, 2.24) is 47.9 Å². The summed E-state index contributed by atoms with van der Waals surface area (Å²) in [6.45, 7) is 6.87. The number of primary amides is 2. The van der Waals surface area contributed by atoms with Crippen LogP contribution in [0.15, 0.2) is 60.7 Å². The lowest BCUT2D eigenvalue weighted by Crippen LogP contribution is -2.61. The van der Waals surface area contributed by atoms with E-state index in [4.69, 9.17) is 33.8 Å². The molecule has 2 aromatic rings. The molecule has 0 fully saturated rings. The van der Waals surface area contributed by atoms with E-state index in [2.05, 4.69) is 47.9 Å². The lowest BCUT2D eigenvalue weighted by atomic mass is 9.99. The number of nitrogens with two attached hydrogens (primary N) is 5. The Morgan fingerprint density at radius 3 is 1.19 bits per heavy atom. The van der Waals surface area contributed by atoms with Gasteiger partial charge in [-0.15, -0.1) is 0 Å². The van der Waals surface area contributed by atoms with Crippen molar-refractivity contribution >= 4 is 82.9 Å². The lowest BCUT2D eigenvalue weighted by Gasteiger charge is -2.29. The summed E-state index contributed by atoms with van der Waals surface area (Å²) in [5, 5.41) is 51.2. The molecule has 31 heteroatoms. The minimum Gasteiger partial charge on any atom is -0.481 e. The Kier molecular flexibility index (Phi) is 33.9. The molecule has 31 nitrogen and oxygen atoms in total. The van der Waals surface area contributed by atoms with Crippen LogP contribution in [0.1, 0.15) is 116 Å². The number of unbranched alkanes of at least 4 members (excludes halogenated alkanes) is 2. The molecule has 0 spiro atoms. The lowest BCUT2D eigenvalue weighted by molar-refractivity contribution is -0.144. The molecule has 0 aliphatic rings. The van der Waals surface area contributed by atoms with Gasteiger partial charge in [0.15, 0.2) is 0 Å². The second kappa shape index (κ2) is 39.6. The summed E-state index contributed by atoms with van der Waals surface area (Å²) in [6, 6.07) is 0.765. The van der Waals surface area contributed by atoms with Crippen LogP contribution in [0.3, 0.4) is 0 Å². The topological polar surface area (TPSA) is 538 Å². The zero-order chi connectivity index (χ0) is 66.9. The molecule has 492 valence electrons. The van der Waals surface area contributed by atoms with Gasteiger partial charge in [0.1, 0.15) is 54.4 Å². The summed E-state index contributed by atoms with van der Waals surface area (Å²) in [6.07, 6.45) is -3.02. The largest absolute Gasteiger partial charge is 0.481 e. The van der Waals surface area contributed by atoms with E-state index in [1.54, 1.807) is 74.5 Å². The van der Waals surface area contributed by atoms with Crippen LogP contribution in [-0.4, -0.2) is 172 Å². The molecular weight excluding hydrogens is 1160 g/mol. The molecule has 2 rings (SSSR count). The molecule has 11 amide bonds. The molecule has 0 saturated heterocycles. The average Bonchev–Trinajstić information content (AvgIpc) is 2.37. The molecular formula is C58H88N14O17. The van der Waals surface area contributed by atoms with Gasteiger partial charge in [-0.05, 0) is 87.4 Å². The molecule has 0 heterocycles. The first kappa shape index (κ1) is 76.0. The van der Waals surface area contributed by atoms with Crippen LogP contribution in [0, 0.1) is 11.8 Å². The normalized spacial score (nSPS) is 14.4. The summed E-state index contributed by atoms with van der Waals surface area (Å²) in [5.41, 5.74) is 28.7. The van der Waals surface area contributed by atoms with Gasteiger partial charge >= 0.3 is 17.9 Å². The van der Waals surface area contributed by atoms with Gasteiger partial charge in [-0.1, -0.05) is 88.4 Å². The van der Waals surface area contributed by atoms with Gasteiger partial charge in [0, 0.05) is 19.3 Å². The fourth-order valence-corrected chi connectivity index (χ4v) is 8.94. The van der Waals surface area contributed by atoms with Gasteiger partial charge < -0.3 is 91.8 Å². The summed E-state index contributed by atoms with van der Waals surface area (Å²) < 4.78 is 0. The maximum Gasteiger partial charge on any atom is 0.326 e. The summed E-state index contributed by atoms with van der Waals surface area (Å²) >= 11 is 0. The average molecular weight is 1250 g/mol. The number of amides is 11. The quantitative estimate of drug-likeness (QED) is 0.0284. The van der Waals surface area contributed by atoms with Gasteiger partial charge in [-0.2, -0.15) is 0 Å². The number of nitrogens with one attached hydrogen (secondary N) is 9. The summed E-state index contributed by atoms with van der Waals surface area (Å²) in [5.74, 6) is -16.5. The van der Waals surface area contributed by atoms with Gasteiger partial charge in [0.05, 0.1) is 25.3 Å². The molecule has 0 saturated carbocycles. The molecule has 2 aromatic carbocycles. The van der Waals surface area contributed by atoms with E-state index < -0.39 is 181 Å². The number of carbonyl (C=O) groups excluding carboxylic acids is 11. The molecule has 0 unspecified atom stereocenters. The van der Waals surface area contributed by atoms with Crippen LogP contribution in [0.2, 0.25) is 0 Å². The van der Waals surface area contributed by atoms with E-state index in [1.807, 2.05) is 0 Å². The van der Waals surface area contributed by atoms with Gasteiger partial charge in [-0.3, -0.25) is 62.3 Å². The van der Waals surface area contributed by atoms with Crippen LogP contribution in [0.4, 0.5) is 0 Å². The van der Waals surface area contributed by atoms with E-state index in [-0.39, 0.29) is 64.0 Å². The van der Waals surface area contributed by atoms with E-state index in [9.17, 15) is 77.3 Å². The summed E-state index contributed by atoms with van der Waals surface area (Å²) in [7, 11) is 0. The number of carbonyl (C=O) groups is 14. The smallest absolute Gasteiger partial charge is 0.326 e. The number of rotatable bonds is 43. The zero-order valence-corrected chi connectivity index (χ0v) is 50.5. The second-order valence-electron chi connectivity index (χ2n) is 22.1. The maximum atomic E-state index is 14.5. The predicted molar refractivity (Wildman–Crippen MR) is 320 cm³/mol. The van der Waals surface area contributed by atoms with Crippen molar-refractivity contribution < 1.29 is 82.4 Å². The number of aliphatic carboxylic acids is 3. The predicted octanol–water partition coefficient (Wildman–Crippen LogP) is -3.70. The van der Waals surface area contributed by atoms with Crippen molar-refractivity contribution in [3.8, 4) is 0 Å². The highest BCUT2D eigenvalue weighted by molar-refractivity contribution is 6.00. The Labute approximate surface area is 515 Å². The highest BCUT2D eigenvalue weighted by Gasteiger charge is 2.37. The first-order valence-electron chi connectivity index (χ1n) is 29.2. The minimum atomic E-state index is -1.94. The highest BCUT2D eigenvalue weighted by Crippen LogP contribution is 2.14. The van der Waals surface area contributed by atoms with E-state index in [1.165, 1.54) is 13.8 Å². The SMILES string of the molecule is CC(C)C[C@H](NC(=O)[C@H](Cc1ccccc1)NC(=O)[C@H](CC(=O)O)NC(=O)[C@H](CCCCN)NC(=O)[C@H](Cc1ccccc1)NC(=O)[C@@H](NC(=O)[C@H](CC(N)=O)NC(=O)[C@@H](N)CC(N)=O)C(C)C)C(=O)N[C@@H](CCCCN)C(=O)N[C@@H](CCC(=O)O)C(=O)O. The van der Waals surface area contributed by atoms with Crippen molar-refractivity contribution in [3.05, 3.63) is 71.8 Å². The van der Waals surface area contributed by atoms with Crippen molar-refractivity contribution in [2.45, 2.75) is 178 Å². The van der Waals surface area contributed by atoms with Crippen LogP contribution < -0.4 is 76.5 Å². The molecule has 10 atom stereocenters. The molecule has 0 aliphatic carbocycles. The number of hydrogen-bond donors (Lipinski definition) is 17. The zero-order valence-electron chi connectivity index (χ0n) is 50.5.